The molecule has 0 fully saturated rings. The molecule has 0 aliphatic rings. The van der Waals surface area contributed by atoms with Gasteiger partial charge in [-0.15, -0.1) is 0 Å². The van der Waals surface area contributed by atoms with Crippen LogP contribution in [0.5, 0.6) is 0 Å². The molecule has 2 aromatic carbocycles. The second kappa shape index (κ2) is 6.92. The van der Waals surface area contributed by atoms with E-state index in [9.17, 15) is 4.79 Å². The van der Waals surface area contributed by atoms with Crippen LogP contribution in [0.15, 0.2) is 66.9 Å². The Bertz CT molecular complexity index is 793. The Morgan fingerprint density at radius 3 is 2.57 bits per heavy atom. The molecule has 116 valence electrons. The van der Waals surface area contributed by atoms with Crippen molar-refractivity contribution in [3.05, 3.63) is 78.1 Å². The summed E-state index contributed by atoms with van der Waals surface area (Å²) in [6, 6.07) is 19.4. The summed E-state index contributed by atoms with van der Waals surface area (Å²) >= 11 is 0. The van der Waals surface area contributed by atoms with Crippen LogP contribution >= 0.6 is 0 Å². The zero-order chi connectivity index (χ0) is 16.1. The third kappa shape index (κ3) is 3.48. The number of carbonyl (C=O) groups excluding carboxylic acids is 1. The van der Waals surface area contributed by atoms with E-state index < -0.39 is 0 Å². The van der Waals surface area contributed by atoms with Gasteiger partial charge in [-0.05, 0) is 36.2 Å². The van der Waals surface area contributed by atoms with E-state index >= 15 is 0 Å². The third-order valence-corrected chi connectivity index (χ3v) is 3.63. The zero-order valence-corrected chi connectivity index (χ0v) is 13.1. The number of amides is 1. The lowest BCUT2D eigenvalue weighted by atomic mass is 10.1. The molecule has 1 aromatic heterocycles. The molecule has 0 saturated carbocycles. The van der Waals surface area contributed by atoms with Crippen LogP contribution in [0, 0.1) is 0 Å². The molecule has 1 heterocycles. The van der Waals surface area contributed by atoms with Crippen molar-refractivity contribution in [3.63, 3.8) is 0 Å². The van der Waals surface area contributed by atoms with Crippen LogP contribution in [0.3, 0.4) is 0 Å². The number of nitrogens with one attached hydrogen (secondary N) is 1. The average molecular weight is 305 g/mol. The van der Waals surface area contributed by atoms with Crippen molar-refractivity contribution in [1.82, 2.24) is 9.78 Å². The Morgan fingerprint density at radius 1 is 1.04 bits per heavy atom. The fourth-order valence-corrected chi connectivity index (χ4v) is 2.49. The van der Waals surface area contributed by atoms with Gasteiger partial charge in [-0.3, -0.25) is 4.79 Å². The van der Waals surface area contributed by atoms with Gasteiger partial charge in [0.15, 0.2) is 5.69 Å². The molecule has 1 N–H and O–H groups in total. The van der Waals surface area contributed by atoms with Gasteiger partial charge in [0, 0.05) is 11.9 Å². The maximum atomic E-state index is 12.4. The molecule has 23 heavy (non-hydrogen) atoms. The predicted molar refractivity (Wildman–Crippen MR) is 92.0 cm³/mol. The number of benzene rings is 2. The molecule has 0 bridgehead atoms. The number of rotatable bonds is 5. The molecule has 0 aliphatic carbocycles. The third-order valence-electron chi connectivity index (χ3n) is 3.63. The van der Waals surface area contributed by atoms with Crippen LogP contribution in [0.4, 0.5) is 5.69 Å². The van der Waals surface area contributed by atoms with Gasteiger partial charge in [-0.2, -0.15) is 5.10 Å². The minimum absolute atomic E-state index is 0.191. The molecule has 3 rings (SSSR count). The molecular weight excluding hydrogens is 286 g/mol. The Kier molecular flexibility index (Phi) is 4.52. The highest BCUT2D eigenvalue weighted by Gasteiger charge is 2.12. The number of aromatic nitrogens is 2. The van der Waals surface area contributed by atoms with Crippen molar-refractivity contribution in [3.8, 4) is 5.69 Å². The molecule has 0 aliphatic heterocycles. The van der Waals surface area contributed by atoms with E-state index in [4.69, 9.17) is 0 Å². The first-order valence-corrected chi connectivity index (χ1v) is 7.78. The summed E-state index contributed by atoms with van der Waals surface area (Å²) in [5.74, 6) is -0.191. The van der Waals surface area contributed by atoms with Gasteiger partial charge in [0.05, 0.1) is 5.69 Å². The highest BCUT2D eigenvalue weighted by atomic mass is 16.1. The number of hydrogen-bond donors (Lipinski definition) is 1. The molecule has 0 unspecified atom stereocenters. The standard InChI is InChI=1S/C19H19N3O/c1-2-8-15-9-6-7-12-17(15)20-19(23)18-13-14-22(21-18)16-10-4-3-5-11-16/h3-7,9-14H,2,8H2,1H3,(H,20,23). The molecule has 0 atom stereocenters. The molecule has 4 nitrogen and oxygen atoms in total. The maximum Gasteiger partial charge on any atom is 0.276 e. The summed E-state index contributed by atoms with van der Waals surface area (Å²) in [6.45, 7) is 2.13. The van der Waals surface area contributed by atoms with Gasteiger partial charge in [-0.1, -0.05) is 49.7 Å². The summed E-state index contributed by atoms with van der Waals surface area (Å²) in [5, 5.41) is 7.32. The lowest BCUT2D eigenvalue weighted by molar-refractivity contribution is 0.102. The summed E-state index contributed by atoms with van der Waals surface area (Å²) in [4.78, 5) is 12.4. The topological polar surface area (TPSA) is 46.9 Å². The van der Waals surface area contributed by atoms with Crippen molar-refractivity contribution in [2.45, 2.75) is 19.8 Å². The Hall–Kier alpha value is -2.88. The summed E-state index contributed by atoms with van der Waals surface area (Å²) in [7, 11) is 0. The minimum Gasteiger partial charge on any atom is -0.320 e. The number of anilines is 1. The number of hydrogen-bond acceptors (Lipinski definition) is 2. The lowest BCUT2D eigenvalue weighted by Gasteiger charge is -2.09. The monoisotopic (exact) mass is 305 g/mol. The zero-order valence-electron chi connectivity index (χ0n) is 13.1. The fourth-order valence-electron chi connectivity index (χ4n) is 2.49. The minimum atomic E-state index is -0.191. The van der Waals surface area contributed by atoms with Crippen LogP contribution in [0.2, 0.25) is 0 Å². The van der Waals surface area contributed by atoms with E-state index in [0.717, 1.165) is 29.8 Å². The fraction of sp³-hybridized carbons (Fsp3) is 0.158. The molecule has 0 spiro atoms. The van der Waals surface area contributed by atoms with Gasteiger partial charge in [0.1, 0.15) is 0 Å². The number of para-hydroxylation sites is 2. The molecular formula is C19H19N3O. The van der Waals surface area contributed by atoms with E-state index in [1.54, 1.807) is 16.9 Å². The number of carbonyl (C=O) groups is 1. The van der Waals surface area contributed by atoms with E-state index in [0.29, 0.717) is 5.69 Å². The van der Waals surface area contributed by atoms with E-state index in [1.807, 2.05) is 54.6 Å². The SMILES string of the molecule is CCCc1ccccc1NC(=O)c1ccn(-c2ccccc2)n1. The van der Waals surface area contributed by atoms with Crippen molar-refractivity contribution >= 4 is 11.6 Å². The second-order valence-corrected chi connectivity index (χ2v) is 5.34. The van der Waals surface area contributed by atoms with Gasteiger partial charge in [0.25, 0.3) is 5.91 Å². The quantitative estimate of drug-likeness (QED) is 0.772. The van der Waals surface area contributed by atoms with E-state index in [1.165, 1.54) is 0 Å². The smallest absolute Gasteiger partial charge is 0.276 e. The van der Waals surface area contributed by atoms with Crippen LogP contribution in [0.25, 0.3) is 5.69 Å². The van der Waals surface area contributed by atoms with E-state index in [-0.39, 0.29) is 5.91 Å². The van der Waals surface area contributed by atoms with Crippen molar-refractivity contribution < 1.29 is 4.79 Å². The van der Waals surface area contributed by atoms with Crippen molar-refractivity contribution in [1.29, 1.82) is 0 Å². The van der Waals surface area contributed by atoms with Gasteiger partial charge < -0.3 is 5.32 Å². The Balaban J connectivity index is 1.78. The normalized spacial score (nSPS) is 10.5. The number of nitrogens with zero attached hydrogens (tertiary/aromatic N) is 2. The largest absolute Gasteiger partial charge is 0.320 e. The predicted octanol–water partition coefficient (Wildman–Crippen LogP) is 4.08. The molecule has 4 heteroatoms. The first kappa shape index (κ1) is 15.0. The molecule has 3 aromatic rings. The van der Waals surface area contributed by atoms with Crippen LogP contribution < -0.4 is 5.32 Å². The Morgan fingerprint density at radius 2 is 1.78 bits per heavy atom. The number of aryl methyl sites for hydroxylation is 1. The van der Waals surface area contributed by atoms with Crippen LogP contribution in [-0.2, 0) is 6.42 Å². The van der Waals surface area contributed by atoms with Crippen molar-refractivity contribution in [2.75, 3.05) is 5.32 Å². The first-order chi connectivity index (χ1) is 11.3. The lowest BCUT2D eigenvalue weighted by Crippen LogP contribution is -2.14. The van der Waals surface area contributed by atoms with Gasteiger partial charge in [-0.25, -0.2) is 4.68 Å². The highest BCUT2D eigenvalue weighted by molar-refractivity contribution is 6.03. The van der Waals surface area contributed by atoms with Crippen molar-refractivity contribution in [2.24, 2.45) is 0 Å². The average Bonchev–Trinajstić information content (AvgIpc) is 3.08. The summed E-state index contributed by atoms with van der Waals surface area (Å²) in [6.07, 6.45) is 3.77. The summed E-state index contributed by atoms with van der Waals surface area (Å²) < 4.78 is 1.70. The first-order valence-electron chi connectivity index (χ1n) is 7.78. The van der Waals surface area contributed by atoms with Gasteiger partial charge >= 0.3 is 0 Å². The molecule has 1 amide bonds. The van der Waals surface area contributed by atoms with Gasteiger partial charge in [0.2, 0.25) is 0 Å². The van der Waals surface area contributed by atoms with Crippen LogP contribution in [0.1, 0.15) is 29.4 Å². The van der Waals surface area contributed by atoms with E-state index in [2.05, 4.69) is 17.3 Å². The second-order valence-electron chi connectivity index (χ2n) is 5.34. The maximum absolute atomic E-state index is 12.4. The Labute approximate surface area is 135 Å². The van der Waals surface area contributed by atoms with Crippen LogP contribution in [-0.4, -0.2) is 15.7 Å². The summed E-state index contributed by atoms with van der Waals surface area (Å²) in [5.41, 5.74) is 3.33. The highest BCUT2D eigenvalue weighted by Crippen LogP contribution is 2.18. The molecule has 0 radical (unpaired) electrons. The molecule has 0 saturated heterocycles.